The summed E-state index contributed by atoms with van der Waals surface area (Å²) in [6.45, 7) is 0. The predicted molar refractivity (Wildman–Crippen MR) is 143 cm³/mol. The quantitative estimate of drug-likeness (QED) is 0.214. The summed E-state index contributed by atoms with van der Waals surface area (Å²) >= 11 is 1.60. The lowest BCUT2D eigenvalue weighted by molar-refractivity contribution is -0.122. The van der Waals surface area contributed by atoms with Crippen molar-refractivity contribution in [3.05, 3.63) is 119 Å². The topological polar surface area (TPSA) is 96.1 Å². The average Bonchev–Trinajstić information content (AvgIpc) is 3.37. The zero-order valence-corrected chi connectivity index (χ0v) is 20.4. The number of aromatic amines is 1. The van der Waals surface area contributed by atoms with Crippen LogP contribution in [0.2, 0.25) is 0 Å². The van der Waals surface area contributed by atoms with E-state index in [1.54, 1.807) is 23.9 Å². The van der Waals surface area contributed by atoms with Crippen LogP contribution < -0.4 is 15.6 Å². The average molecular weight is 507 g/mol. The number of H-pyrrole nitrogens is 1. The van der Waals surface area contributed by atoms with E-state index in [-0.39, 0.29) is 5.91 Å². The number of hydrazine groups is 1. The van der Waals surface area contributed by atoms with Gasteiger partial charge in [-0.2, -0.15) is 0 Å². The van der Waals surface area contributed by atoms with Crippen molar-refractivity contribution in [2.75, 3.05) is 0 Å². The Hall–Kier alpha value is -4.56. The van der Waals surface area contributed by atoms with Gasteiger partial charge in [-0.15, -0.1) is 0 Å². The van der Waals surface area contributed by atoms with E-state index in [1.807, 2.05) is 84.9 Å². The van der Waals surface area contributed by atoms with E-state index in [9.17, 15) is 9.59 Å². The van der Waals surface area contributed by atoms with Crippen LogP contribution in [0.15, 0.2) is 102 Å². The van der Waals surface area contributed by atoms with Gasteiger partial charge in [-0.05, 0) is 42.0 Å². The summed E-state index contributed by atoms with van der Waals surface area (Å²) in [7, 11) is 0. The Kier molecular flexibility index (Phi) is 6.08. The van der Waals surface area contributed by atoms with Crippen LogP contribution in [0.25, 0.3) is 11.0 Å². The fourth-order valence-electron chi connectivity index (χ4n) is 4.36. The van der Waals surface area contributed by atoms with Gasteiger partial charge >= 0.3 is 0 Å². The van der Waals surface area contributed by atoms with E-state index in [4.69, 9.17) is 4.74 Å². The second-order valence-electron chi connectivity index (χ2n) is 8.60. The monoisotopic (exact) mass is 506 g/mol. The molecule has 0 spiro atoms. The summed E-state index contributed by atoms with van der Waals surface area (Å²) < 4.78 is 5.95. The number of carbonyl (C=O) groups excluding carboxylic acids is 2. The second kappa shape index (κ2) is 9.83. The molecule has 1 aliphatic heterocycles. The van der Waals surface area contributed by atoms with E-state index in [1.165, 1.54) is 0 Å². The number of carbonyl (C=O) groups is 2. The van der Waals surface area contributed by atoms with Crippen LogP contribution in [0.4, 0.5) is 0 Å². The lowest BCUT2D eigenvalue weighted by Crippen LogP contribution is -2.44. The molecule has 37 heavy (non-hydrogen) atoms. The van der Waals surface area contributed by atoms with Crippen molar-refractivity contribution < 1.29 is 14.3 Å². The largest absolute Gasteiger partial charge is 0.457 e. The molecule has 0 saturated heterocycles. The number of hydrogen-bond donors (Lipinski definition) is 3. The number of nitrogens with one attached hydrogen (secondary N) is 3. The Morgan fingerprint density at radius 3 is 2.16 bits per heavy atom. The molecule has 3 N–H and O–H groups in total. The summed E-state index contributed by atoms with van der Waals surface area (Å²) in [6, 6.07) is 30.0. The molecule has 0 atom stereocenters. The molecule has 5 aromatic rings. The maximum absolute atomic E-state index is 13.2. The smallest absolute Gasteiger partial charge is 0.269 e. The van der Waals surface area contributed by atoms with Crippen molar-refractivity contribution in [3.8, 4) is 11.5 Å². The van der Waals surface area contributed by atoms with Crippen LogP contribution in [0.5, 0.6) is 11.5 Å². The van der Waals surface area contributed by atoms with E-state index in [2.05, 4.69) is 20.8 Å². The number of fused-ring (bicyclic) bond motifs is 3. The predicted octanol–water partition coefficient (Wildman–Crippen LogP) is 5.55. The zero-order valence-electron chi connectivity index (χ0n) is 19.6. The van der Waals surface area contributed by atoms with Gasteiger partial charge in [-0.25, -0.2) is 4.98 Å². The molecule has 0 radical (unpaired) electrons. The van der Waals surface area contributed by atoms with Crippen LogP contribution in [0, 0.1) is 0 Å². The Labute approximate surface area is 217 Å². The molecule has 0 bridgehead atoms. The van der Waals surface area contributed by atoms with Crippen molar-refractivity contribution in [1.82, 2.24) is 20.8 Å². The third-order valence-electron chi connectivity index (χ3n) is 6.20. The summed E-state index contributed by atoms with van der Waals surface area (Å²) in [5.74, 6) is 0.640. The molecule has 182 valence electrons. The van der Waals surface area contributed by atoms with Crippen LogP contribution in [0.3, 0.4) is 0 Å². The molecule has 8 heteroatoms. The van der Waals surface area contributed by atoms with E-state index < -0.39 is 11.8 Å². The summed E-state index contributed by atoms with van der Waals surface area (Å²) in [6.07, 6.45) is 0. The van der Waals surface area contributed by atoms with E-state index in [0.717, 1.165) is 32.9 Å². The molecule has 2 amide bonds. The SMILES string of the molecule is O=C(NNC(=O)C1c2ccccc2Oc2ccccc21)c1ccc(CSc2nc3ccccc3[nH]2)cc1. The number of nitrogens with zero attached hydrogens (tertiary/aromatic N) is 1. The van der Waals surface area contributed by atoms with Gasteiger partial charge in [-0.1, -0.05) is 72.4 Å². The fourth-order valence-corrected chi connectivity index (χ4v) is 5.20. The maximum Gasteiger partial charge on any atom is 0.269 e. The van der Waals surface area contributed by atoms with Crippen LogP contribution >= 0.6 is 11.8 Å². The molecule has 4 aromatic carbocycles. The fraction of sp³-hybridized carbons (Fsp3) is 0.0690. The normalized spacial score (nSPS) is 12.3. The number of thioether (sulfide) groups is 1. The van der Waals surface area contributed by atoms with E-state index in [0.29, 0.717) is 22.8 Å². The minimum Gasteiger partial charge on any atom is -0.457 e. The Morgan fingerprint density at radius 2 is 1.46 bits per heavy atom. The lowest BCUT2D eigenvalue weighted by Gasteiger charge is -2.27. The standard InChI is InChI=1S/C29H22N4O3S/c34-27(19-15-13-18(14-16-19)17-37-29-30-22-9-3-4-10-23(22)31-29)32-33-28(35)26-20-7-1-5-11-24(20)36-25-12-6-2-8-21(25)26/h1-16,26H,17H2,(H,30,31)(H,32,34)(H,33,35). The van der Waals surface area contributed by atoms with Gasteiger partial charge in [0, 0.05) is 22.4 Å². The van der Waals surface area contributed by atoms with Crippen molar-refractivity contribution >= 4 is 34.6 Å². The van der Waals surface area contributed by atoms with Gasteiger partial charge in [-0.3, -0.25) is 20.4 Å². The Bertz CT molecular complexity index is 1530. The van der Waals surface area contributed by atoms with Crippen molar-refractivity contribution in [2.24, 2.45) is 0 Å². The molecule has 2 heterocycles. The van der Waals surface area contributed by atoms with Gasteiger partial charge in [0.15, 0.2) is 5.16 Å². The summed E-state index contributed by atoms with van der Waals surface area (Å²) in [5, 5.41) is 0.849. The molecule has 0 saturated carbocycles. The van der Waals surface area contributed by atoms with Crippen LogP contribution in [-0.4, -0.2) is 21.8 Å². The van der Waals surface area contributed by atoms with Gasteiger partial charge in [0.2, 0.25) is 0 Å². The third kappa shape index (κ3) is 4.66. The van der Waals surface area contributed by atoms with Gasteiger partial charge in [0.25, 0.3) is 11.8 Å². The number of aromatic nitrogens is 2. The number of hydrogen-bond acceptors (Lipinski definition) is 5. The van der Waals surface area contributed by atoms with E-state index >= 15 is 0 Å². The first kappa shape index (κ1) is 22.9. The zero-order chi connectivity index (χ0) is 25.2. The lowest BCUT2D eigenvalue weighted by atomic mass is 9.87. The van der Waals surface area contributed by atoms with Gasteiger partial charge in [0.1, 0.15) is 11.5 Å². The Balaban J connectivity index is 1.09. The van der Waals surface area contributed by atoms with Crippen molar-refractivity contribution in [3.63, 3.8) is 0 Å². The summed E-state index contributed by atoms with van der Waals surface area (Å²) in [4.78, 5) is 33.8. The highest BCUT2D eigenvalue weighted by atomic mass is 32.2. The number of benzene rings is 4. The molecule has 7 nitrogen and oxygen atoms in total. The number of rotatable bonds is 5. The molecule has 0 aliphatic carbocycles. The highest BCUT2D eigenvalue weighted by Gasteiger charge is 2.32. The third-order valence-corrected chi connectivity index (χ3v) is 7.15. The highest BCUT2D eigenvalue weighted by molar-refractivity contribution is 7.98. The summed E-state index contributed by atoms with van der Waals surface area (Å²) in [5.41, 5.74) is 10.1. The first-order chi connectivity index (χ1) is 18.2. The number of para-hydroxylation sites is 4. The molecule has 0 unspecified atom stereocenters. The van der Waals surface area contributed by atoms with Crippen molar-refractivity contribution in [1.29, 1.82) is 0 Å². The molecule has 1 aromatic heterocycles. The van der Waals surface area contributed by atoms with Crippen LogP contribution in [0.1, 0.15) is 33.0 Å². The number of ether oxygens (including phenoxy) is 1. The maximum atomic E-state index is 13.2. The van der Waals surface area contributed by atoms with Crippen LogP contribution in [-0.2, 0) is 10.5 Å². The first-order valence-corrected chi connectivity index (χ1v) is 12.8. The second-order valence-corrected chi connectivity index (χ2v) is 9.56. The molecule has 0 fully saturated rings. The molecular weight excluding hydrogens is 484 g/mol. The first-order valence-electron chi connectivity index (χ1n) is 11.8. The molecule has 6 rings (SSSR count). The minimum atomic E-state index is -0.598. The number of imidazole rings is 1. The van der Waals surface area contributed by atoms with Gasteiger partial charge in [0.05, 0.1) is 17.0 Å². The molecule has 1 aliphatic rings. The highest BCUT2D eigenvalue weighted by Crippen LogP contribution is 2.43. The minimum absolute atomic E-state index is 0.338. The Morgan fingerprint density at radius 1 is 0.811 bits per heavy atom. The van der Waals surface area contributed by atoms with Crippen molar-refractivity contribution in [2.45, 2.75) is 16.8 Å². The molecular formula is C29H22N4O3S. The number of amides is 2. The van der Waals surface area contributed by atoms with Gasteiger partial charge < -0.3 is 9.72 Å².